The lowest BCUT2D eigenvalue weighted by Gasteiger charge is -2.14. The highest BCUT2D eigenvalue weighted by Gasteiger charge is 2.13. The Morgan fingerprint density at radius 1 is 0.531 bits per heavy atom. The van der Waals surface area contributed by atoms with Gasteiger partial charge in [0.25, 0.3) is 5.91 Å². The van der Waals surface area contributed by atoms with Gasteiger partial charge in [-0.3, -0.25) is 9.78 Å². The molecule has 0 spiro atoms. The van der Waals surface area contributed by atoms with Crippen molar-refractivity contribution in [3.8, 4) is 11.5 Å². The van der Waals surface area contributed by atoms with E-state index in [2.05, 4.69) is 24.1 Å². The van der Waals surface area contributed by atoms with Gasteiger partial charge in [0.2, 0.25) is 0 Å². The molecule has 0 unspecified atom stereocenters. The van der Waals surface area contributed by atoms with E-state index >= 15 is 0 Å². The van der Waals surface area contributed by atoms with E-state index in [0.29, 0.717) is 30.2 Å². The SMILES string of the molecule is CCCCCCCCCCCCCCCCOc1ccc(C(=O)Nc2cccnc2)cc1OCCCCCCCCCCCCCCCC. The number of amides is 1. The molecule has 0 fully saturated rings. The van der Waals surface area contributed by atoms with E-state index in [9.17, 15) is 4.79 Å². The zero-order valence-corrected chi connectivity index (χ0v) is 31.9. The number of pyridine rings is 1. The van der Waals surface area contributed by atoms with Crippen LogP contribution in [0.25, 0.3) is 0 Å². The molecule has 0 aliphatic heterocycles. The minimum Gasteiger partial charge on any atom is -0.490 e. The first-order valence-corrected chi connectivity index (χ1v) is 20.9. The summed E-state index contributed by atoms with van der Waals surface area (Å²) in [6.45, 7) is 5.89. The Morgan fingerprint density at radius 2 is 0.939 bits per heavy atom. The minimum absolute atomic E-state index is 0.173. The standard InChI is InChI=1S/C44H74N2O3/c1-3-5-7-9-11-13-15-17-19-21-23-25-27-29-36-48-42-34-33-40(44(47)46-41-32-31-35-45-39-41)38-43(42)49-37-30-28-26-24-22-20-18-16-14-12-10-8-6-4-2/h31-35,38-39H,3-30,36-37H2,1-2H3,(H,46,47). The maximum atomic E-state index is 13.0. The van der Waals surface area contributed by atoms with Gasteiger partial charge in [0.05, 0.1) is 25.1 Å². The van der Waals surface area contributed by atoms with Crippen LogP contribution in [0.3, 0.4) is 0 Å². The summed E-state index contributed by atoms with van der Waals surface area (Å²) in [5.41, 5.74) is 1.24. The zero-order chi connectivity index (χ0) is 34.9. The van der Waals surface area contributed by atoms with Gasteiger partial charge in [0.15, 0.2) is 11.5 Å². The molecule has 0 radical (unpaired) electrons. The van der Waals surface area contributed by atoms with E-state index in [1.54, 1.807) is 12.4 Å². The lowest BCUT2D eigenvalue weighted by atomic mass is 10.0. The molecule has 5 nitrogen and oxygen atoms in total. The lowest BCUT2D eigenvalue weighted by Crippen LogP contribution is -2.12. The van der Waals surface area contributed by atoms with E-state index in [1.165, 1.54) is 167 Å². The molecule has 0 saturated heterocycles. The molecule has 5 heteroatoms. The number of nitrogens with zero attached hydrogens (tertiary/aromatic N) is 1. The molecule has 1 aromatic carbocycles. The summed E-state index contributed by atoms with van der Waals surface area (Å²) in [7, 11) is 0. The molecule has 1 aromatic heterocycles. The molecule has 2 rings (SSSR count). The van der Waals surface area contributed by atoms with Crippen molar-refractivity contribution in [1.82, 2.24) is 4.98 Å². The molecular weight excluding hydrogens is 604 g/mol. The lowest BCUT2D eigenvalue weighted by molar-refractivity contribution is 0.102. The third kappa shape index (κ3) is 23.5. The van der Waals surface area contributed by atoms with Gasteiger partial charge < -0.3 is 14.8 Å². The van der Waals surface area contributed by atoms with E-state index < -0.39 is 0 Å². The van der Waals surface area contributed by atoms with Crippen LogP contribution >= 0.6 is 0 Å². The predicted octanol–water partition coefficient (Wildman–Crippen LogP) is 14.1. The Bertz CT molecular complexity index is 1030. The van der Waals surface area contributed by atoms with Gasteiger partial charge in [-0.05, 0) is 43.2 Å². The van der Waals surface area contributed by atoms with Crippen LogP contribution in [0.2, 0.25) is 0 Å². The first-order valence-electron chi connectivity index (χ1n) is 20.9. The molecule has 49 heavy (non-hydrogen) atoms. The van der Waals surface area contributed by atoms with E-state index in [-0.39, 0.29) is 5.91 Å². The summed E-state index contributed by atoms with van der Waals surface area (Å²) in [5.74, 6) is 1.23. The Morgan fingerprint density at radius 3 is 1.35 bits per heavy atom. The molecule has 0 atom stereocenters. The first kappa shape index (κ1) is 42.6. The molecule has 1 heterocycles. The van der Waals surface area contributed by atoms with Crippen molar-refractivity contribution in [2.45, 2.75) is 194 Å². The largest absolute Gasteiger partial charge is 0.490 e. The van der Waals surface area contributed by atoms with E-state index in [1.807, 2.05) is 30.3 Å². The van der Waals surface area contributed by atoms with Gasteiger partial charge in [0.1, 0.15) is 0 Å². The number of hydrogen-bond acceptors (Lipinski definition) is 4. The van der Waals surface area contributed by atoms with Crippen molar-refractivity contribution in [3.63, 3.8) is 0 Å². The molecule has 0 bridgehead atoms. The second-order valence-electron chi connectivity index (χ2n) is 14.2. The minimum atomic E-state index is -0.173. The number of carbonyl (C=O) groups is 1. The average Bonchev–Trinajstić information content (AvgIpc) is 3.12. The van der Waals surface area contributed by atoms with Crippen LogP contribution in [-0.4, -0.2) is 24.1 Å². The summed E-state index contributed by atoms with van der Waals surface area (Å²) < 4.78 is 12.4. The van der Waals surface area contributed by atoms with Crippen molar-refractivity contribution < 1.29 is 14.3 Å². The molecular formula is C44H74N2O3. The highest BCUT2D eigenvalue weighted by Crippen LogP contribution is 2.30. The second kappa shape index (κ2) is 31.4. The van der Waals surface area contributed by atoms with Gasteiger partial charge in [0, 0.05) is 11.8 Å². The van der Waals surface area contributed by atoms with Crippen LogP contribution in [0.4, 0.5) is 5.69 Å². The zero-order valence-electron chi connectivity index (χ0n) is 31.9. The number of benzene rings is 1. The molecule has 0 aliphatic rings. The van der Waals surface area contributed by atoms with Gasteiger partial charge in [-0.15, -0.1) is 0 Å². The highest BCUT2D eigenvalue weighted by atomic mass is 16.5. The number of nitrogens with one attached hydrogen (secondary N) is 1. The van der Waals surface area contributed by atoms with E-state index in [4.69, 9.17) is 9.47 Å². The van der Waals surface area contributed by atoms with Crippen molar-refractivity contribution in [1.29, 1.82) is 0 Å². The predicted molar refractivity (Wildman–Crippen MR) is 210 cm³/mol. The normalized spacial score (nSPS) is 11.1. The number of aromatic nitrogens is 1. The fourth-order valence-electron chi connectivity index (χ4n) is 6.48. The number of rotatable bonds is 34. The fourth-order valence-corrected chi connectivity index (χ4v) is 6.48. The Labute approximate surface area is 302 Å². The first-order chi connectivity index (χ1) is 24.2. The van der Waals surface area contributed by atoms with E-state index in [0.717, 1.165) is 18.6 Å². The topological polar surface area (TPSA) is 60.5 Å². The van der Waals surface area contributed by atoms with Crippen LogP contribution in [0, 0.1) is 0 Å². The summed E-state index contributed by atoms with van der Waals surface area (Å²) >= 11 is 0. The monoisotopic (exact) mass is 679 g/mol. The van der Waals surface area contributed by atoms with Crippen molar-refractivity contribution in [2.24, 2.45) is 0 Å². The van der Waals surface area contributed by atoms with Gasteiger partial charge in [-0.2, -0.15) is 0 Å². The quantitative estimate of drug-likeness (QED) is 0.0748. The number of unbranched alkanes of at least 4 members (excludes halogenated alkanes) is 26. The van der Waals surface area contributed by atoms with Crippen LogP contribution in [0.15, 0.2) is 42.7 Å². The summed E-state index contributed by atoms with van der Waals surface area (Å²) in [4.78, 5) is 17.1. The smallest absolute Gasteiger partial charge is 0.255 e. The third-order valence-electron chi connectivity index (χ3n) is 9.64. The molecule has 0 saturated carbocycles. The number of ether oxygens (including phenoxy) is 2. The van der Waals surface area contributed by atoms with Crippen LogP contribution in [-0.2, 0) is 0 Å². The molecule has 1 amide bonds. The molecule has 278 valence electrons. The van der Waals surface area contributed by atoms with Crippen molar-refractivity contribution in [2.75, 3.05) is 18.5 Å². The Hall–Kier alpha value is -2.56. The van der Waals surface area contributed by atoms with Crippen LogP contribution in [0.5, 0.6) is 11.5 Å². The summed E-state index contributed by atoms with van der Waals surface area (Å²) in [6.07, 6.45) is 40.8. The summed E-state index contributed by atoms with van der Waals surface area (Å²) in [5, 5.41) is 2.93. The summed E-state index contributed by atoms with van der Waals surface area (Å²) in [6, 6.07) is 9.20. The maximum Gasteiger partial charge on any atom is 0.255 e. The Balaban J connectivity index is 1.64. The highest BCUT2D eigenvalue weighted by molar-refractivity contribution is 6.04. The molecule has 1 N–H and O–H groups in total. The fraction of sp³-hybridized carbons (Fsp3) is 0.727. The third-order valence-corrected chi connectivity index (χ3v) is 9.64. The van der Waals surface area contributed by atoms with Crippen LogP contribution < -0.4 is 14.8 Å². The van der Waals surface area contributed by atoms with Gasteiger partial charge in [-0.1, -0.05) is 181 Å². The molecule has 0 aliphatic carbocycles. The maximum absolute atomic E-state index is 13.0. The number of hydrogen-bond donors (Lipinski definition) is 1. The number of anilines is 1. The van der Waals surface area contributed by atoms with Gasteiger partial charge in [-0.25, -0.2) is 0 Å². The number of carbonyl (C=O) groups excluding carboxylic acids is 1. The second-order valence-corrected chi connectivity index (χ2v) is 14.2. The average molecular weight is 679 g/mol. The Kier molecular flexibility index (Phi) is 27.3. The van der Waals surface area contributed by atoms with Gasteiger partial charge >= 0.3 is 0 Å². The molecule has 2 aromatic rings. The van der Waals surface area contributed by atoms with Crippen molar-refractivity contribution >= 4 is 11.6 Å². The van der Waals surface area contributed by atoms with Crippen LogP contribution in [0.1, 0.15) is 204 Å². The van der Waals surface area contributed by atoms with Crippen molar-refractivity contribution in [3.05, 3.63) is 48.3 Å².